The average molecular weight is 720 g/mol. The maximum absolute atomic E-state index is 6.69. The molecular weight excluding hydrogens is 687 g/mol. The van der Waals surface area contributed by atoms with Crippen LogP contribution >= 0.6 is 0 Å². The molecule has 6 nitrogen and oxygen atoms in total. The van der Waals surface area contributed by atoms with E-state index in [0.29, 0.717) is 23.4 Å². The van der Waals surface area contributed by atoms with Gasteiger partial charge in [-0.15, -0.1) is 0 Å². The number of fused-ring (bicyclic) bond motifs is 6. The summed E-state index contributed by atoms with van der Waals surface area (Å²) in [7, 11) is 0. The standard InChI is InChI=1S/C50H33N5O/c1-4-14-32(15-5-1)47-52-48(33-16-6-2-7-17-33)54-49(53-47)39-24-12-22-35(28-39)36-23-13-25-40(29-36)55-44-31-38-21-11-10-20-37(38)30-42(44)41-26-27-43-46(45(41)55)56-50(51-43)34-18-8-3-9-19-34/h1-28,30-31,36H,29H2. The predicted octanol–water partition coefficient (Wildman–Crippen LogP) is 12.5. The van der Waals surface area contributed by atoms with Gasteiger partial charge in [0.05, 0.1) is 11.0 Å². The van der Waals surface area contributed by atoms with Crippen molar-refractivity contribution in [3.8, 4) is 45.6 Å². The van der Waals surface area contributed by atoms with E-state index >= 15 is 0 Å². The Kier molecular flexibility index (Phi) is 7.52. The summed E-state index contributed by atoms with van der Waals surface area (Å²) >= 11 is 0. The van der Waals surface area contributed by atoms with E-state index in [0.717, 1.165) is 56.2 Å². The Morgan fingerprint density at radius 2 is 1.12 bits per heavy atom. The maximum atomic E-state index is 6.69. The first-order chi connectivity index (χ1) is 27.7. The molecule has 0 radical (unpaired) electrons. The van der Waals surface area contributed by atoms with Crippen LogP contribution in [0.15, 0.2) is 186 Å². The molecule has 0 saturated heterocycles. The second-order valence-electron chi connectivity index (χ2n) is 14.3. The third kappa shape index (κ3) is 5.50. The smallest absolute Gasteiger partial charge is 0.227 e. The van der Waals surface area contributed by atoms with E-state index in [1.165, 1.54) is 27.4 Å². The summed E-state index contributed by atoms with van der Waals surface area (Å²) in [5.74, 6) is 2.67. The molecule has 0 bridgehead atoms. The second kappa shape index (κ2) is 13.1. The molecule has 0 fully saturated rings. The molecule has 1 unspecified atom stereocenters. The quantitative estimate of drug-likeness (QED) is 0.171. The van der Waals surface area contributed by atoms with Crippen molar-refractivity contribution in [3.05, 3.63) is 188 Å². The lowest BCUT2D eigenvalue weighted by molar-refractivity contribution is 0.621. The van der Waals surface area contributed by atoms with E-state index in [1.807, 2.05) is 91.0 Å². The molecule has 3 aromatic heterocycles. The van der Waals surface area contributed by atoms with Crippen LogP contribution in [0.4, 0.5) is 0 Å². The van der Waals surface area contributed by atoms with Crippen molar-refractivity contribution in [1.82, 2.24) is 24.5 Å². The number of allylic oxidation sites excluding steroid dienone is 4. The Morgan fingerprint density at radius 3 is 1.82 bits per heavy atom. The highest BCUT2D eigenvalue weighted by Gasteiger charge is 2.24. The molecule has 11 rings (SSSR count). The molecule has 1 atom stereocenters. The summed E-state index contributed by atoms with van der Waals surface area (Å²) in [6.45, 7) is 0. The van der Waals surface area contributed by atoms with Gasteiger partial charge in [0.25, 0.3) is 0 Å². The molecule has 0 saturated carbocycles. The van der Waals surface area contributed by atoms with Gasteiger partial charge in [0.2, 0.25) is 5.89 Å². The van der Waals surface area contributed by atoms with E-state index in [4.69, 9.17) is 24.4 Å². The summed E-state index contributed by atoms with van der Waals surface area (Å²) in [4.78, 5) is 19.9. The van der Waals surface area contributed by atoms with E-state index in [2.05, 4.69) is 95.6 Å². The molecule has 1 aliphatic carbocycles. The van der Waals surface area contributed by atoms with Crippen LogP contribution in [0.3, 0.4) is 0 Å². The van der Waals surface area contributed by atoms with E-state index < -0.39 is 0 Å². The average Bonchev–Trinajstić information content (AvgIpc) is 3.86. The second-order valence-corrected chi connectivity index (χ2v) is 14.3. The Morgan fingerprint density at radius 1 is 0.518 bits per heavy atom. The lowest BCUT2D eigenvalue weighted by Gasteiger charge is -2.22. The first kappa shape index (κ1) is 32.0. The summed E-state index contributed by atoms with van der Waals surface area (Å²) in [6.07, 6.45) is 7.51. The van der Waals surface area contributed by atoms with Crippen LogP contribution in [-0.4, -0.2) is 24.5 Å². The zero-order valence-electron chi connectivity index (χ0n) is 30.2. The molecule has 56 heavy (non-hydrogen) atoms. The van der Waals surface area contributed by atoms with Crippen molar-refractivity contribution in [2.75, 3.05) is 0 Å². The summed E-state index contributed by atoms with van der Waals surface area (Å²) in [5, 5.41) is 4.73. The zero-order valence-corrected chi connectivity index (χ0v) is 30.2. The molecule has 0 amide bonds. The van der Waals surface area contributed by atoms with Crippen molar-refractivity contribution in [3.63, 3.8) is 0 Å². The Labute approximate surface area is 322 Å². The molecule has 0 aliphatic heterocycles. The van der Waals surface area contributed by atoms with Crippen LogP contribution in [0.5, 0.6) is 0 Å². The zero-order chi connectivity index (χ0) is 37.0. The molecule has 0 N–H and O–H groups in total. The van der Waals surface area contributed by atoms with Gasteiger partial charge in [-0.25, -0.2) is 19.9 Å². The van der Waals surface area contributed by atoms with Gasteiger partial charge in [-0.1, -0.05) is 133 Å². The largest absolute Gasteiger partial charge is 0.434 e. The molecule has 1 aliphatic rings. The highest BCUT2D eigenvalue weighted by molar-refractivity contribution is 6.19. The van der Waals surface area contributed by atoms with Gasteiger partial charge in [0.15, 0.2) is 23.1 Å². The summed E-state index contributed by atoms with van der Waals surface area (Å²) < 4.78 is 9.10. The highest BCUT2D eigenvalue weighted by atomic mass is 16.3. The topological polar surface area (TPSA) is 69.6 Å². The molecule has 3 heterocycles. The number of aromatic nitrogens is 5. The summed E-state index contributed by atoms with van der Waals surface area (Å²) in [6, 6.07) is 56.5. The fourth-order valence-corrected chi connectivity index (χ4v) is 8.07. The van der Waals surface area contributed by atoms with Crippen molar-refractivity contribution < 1.29 is 4.42 Å². The molecule has 6 heteroatoms. The Bertz CT molecular complexity index is 3100. The van der Waals surface area contributed by atoms with Crippen LogP contribution in [0, 0.1) is 0 Å². The van der Waals surface area contributed by atoms with Crippen molar-refractivity contribution in [2.24, 2.45) is 0 Å². The van der Waals surface area contributed by atoms with Crippen molar-refractivity contribution >= 4 is 49.4 Å². The van der Waals surface area contributed by atoms with Gasteiger partial charge in [0, 0.05) is 44.6 Å². The highest BCUT2D eigenvalue weighted by Crippen LogP contribution is 2.42. The van der Waals surface area contributed by atoms with Crippen LogP contribution in [0.25, 0.3) is 95.0 Å². The SMILES string of the molecule is C1=CC(c2cccc(-c3nc(-c4ccccc4)nc(-c4ccccc4)n3)c2)CC(n2c3cc4ccccc4cc3c3ccc4nc(-c5ccccc5)oc4c32)=C1. The molecule has 7 aromatic carbocycles. The van der Waals surface area contributed by atoms with E-state index in [-0.39, 0.29) is 5.92 Å². The summed E-state index contributed by atoms with van der Waals surface area (Å²) in [5.41, 5.74) is 9.97. The monoisotopic (exact) mass is 719 g/mol. The van der Waals surface area contributed by atoms with Gasteiger partial charge in [-0.2, -0.15) is 0 Å². The van der Waals surface area contributed by atoms with Crippen molar-refractivity contribution in [2.45, 2.75) is 12.3 Å². The number of benzene rings is 7. The first-order valence-electron chi connectivity index (χ1n) is 18.9. The lowest BCUT2D eigenvalue weighted by Crippen LogP contribution is -2.06. The number of hydrogen-bond acceptors (Lipinski definition) is 5. The number of nitrogens with zero attached hydrogens (tertiary/aromatic N) is 5. The van der Waals surface area contributed by atoms with Gasteiger partial charge >= 0.3 is 0 Å². The van der Waals surface area contributed by atoms with Crippen molar-refractivity contribution in [1.29, 1.82) is 0 Å². The van der Waals surface area contributed by atoms with Gasteiger partial charge < -0.3 is 8.98 Å². The Balaban J connectivity index is 1.03. The minimum atomic E-state index is 0.112. The normalized spacial score (nSPS) is 14.2. The third-order valence-electron chi connectivity index (χ3n) is 10.8. The van der Waals surface area contributed by atoms with Crippen LogP contribution in [0.1, 0.15) is 17.9 Å². The molecule has 0 spiro atoms. The molecular formula is C50H33N5O. The fourth-order valence-electron chi connectivity index (χ4n) is 8.07. The molecule has 10 aromatic rings. The van der Waals surface area contributed by atoms with Crippen LogP contribution in [-0.2, 0) is 0 Å². The van der Waals surface area contributed by atoms with Gasteiger partial charge in [-0.3, -0.25) is 0 Å². The number of hydrogen-bond donors (Lipinski definition) is 0. The van der Waals surface area contributed by atoms with Crippen LogP contribution < -0.4 is 0 Å². The number of rotatable bonds is 6. The van der Waals surface area contributed by atoms with E-state index in [1.54, 1.807) is 0 Å². The Hall–Kier alpha value is -7.44. The third-order valence-corrected chi connectivity index (χ3v) is 10.8. The predicted molar refractivity (Wildman–Crippen MR) is 227 cm³/mol. The minimum Gasteiger partial charge on any atom is -0.434 e. The lowest BCUT2D eigenvalue weighted by atomic mass is 9.89. The van der Waals surface area contributed by atoms with Crippen LogP contribution in [0.2, 0.25) is 0 Å². The van der Waals surface area contributed by atoms with E-state index in [9.17, 15) is 0 Å². The molecule has 264 valence electrons. The minimum absolute atomic E-state index is 0.112. The van der Waals surface area contributed by atoms with Gasteiger partial charge in [0.1, 0.15) is 5.52 Å². The maximum Gasteiger partial charge on any atom is 0.227 e. The van der Waals surface area contributed by atoms with Gasteiger partial charge in [-0.05, 0) is 71.3 Å². The number of oxazole rings is 1. The first-order valence-corrected chi connectivity index (χ1v) is 18.9. The fraction of sp³-hybridized carbons (Fsp3) is 0.0400.